The summed E-state index contributed by atoms with van der Waals surface area (Å²) in [6.07, 6.45) is 1.13. The minimum absolute atomic E-state index is 0.378. The van der Waals surface area contributed by atoms with E-state index < -0.39 is 0 Å². The minimum atomic E-state index is 0.378. The van der Waals surface area contributed by atoms with E-state index in [0.29, 0.717) is 12.6 Å². The lowest BCUT2D eigenvalue weighted by Crippen LogP contribution is -2.24. The van der Waals surface area contributed by atoms with Crippen LogP contribution < -0.4 is 10.1 Å². The number of nitrogens with one attached hydrogen (secondary N) is 1. The SMILES string of the molecule is COc1cccc(Cl)c1CNC1CCSc2ccccc21. The van der Waals surface area contributed by atoms with Crippen molar-refractivity contribution in [2.75, 3.05) is 12.9 Å². The van der Waals surface area contributed by atoms with E-state index in [4.69, 9.17) is 16.3 Å². The van der Waals surface area contributed by atoms with Crippen molar-refractivity contribution >= 4 is 23.4 Å². The highest BCUT2D eigenvalue weighted by atomic mass is 35.5. The van der Waals surface area contributed by atoms with Crippen molar-refractivity contribution in [3.05, 3.63) is 58.6 Å². The number of ether oxygens (including phenoxy) is 1. The van der Waals surface area contributed by atoms with E-state index in [1.807, 2.05) is 30.0 Å². The van der Waals surface area contributed by atoms with Crippen LogP contribution in [0.5, 0.6) is 5.75 Å². The maximum absolute atomic E-state index is 6.30. The van der Waals surface area contributed by atoms with Gasteiger partial charge in [0.05, 0.1) is 7.11 Å². The smallest absolute Gasteiger partial charge is 0.124 e. The second-order valence-electron chi connectivity index (χ2n) is 5.03. The normalized spacial score (nSPS) is 17.3. The molecule has 1 aliphatic heterocycles. The lowest BCUT2D eigenvalue weighted by Gasteiger charge is -2.26. The van der Waals surface area contributed by atoms with Crippen LogP contribution in [0.1, 0.15) is 23.6 Å². The standard InChI is InChI=1S/C17H18ClNOS/c1-20-16-7-4-6-14(18)13(16)11-19-15-9-10-21-17-8-3-2-5-12(15)17/h2-8,15,19H,9-11H2,1H3. The van der Waals surface area contributed by atoms with E-state index in [0.717, 1.165) is 28.5 Å². The van der Waals surface area contributed by atoms with Crippen LogP contribution in [0.25, 0.3) is 0 Å². The Morgan fingerprint density at radius 2 is 2.10 bits per heavy atom. The van der Waals surface area contributed by atoms with Gasteiger partial charge in [-0.25, -0.2) is 0 Å². The number of rotatable bonds is 4. The second kappa shape index (κ2) is 6.73. The van der Waals surface area contributed by atoms with Gasteiger partial charge in [0.2, 0.25) is 0 Å². The molecular formula is C17H18ClNOS. The number of methoxy groups -OCH3 is 1. The van der Waals surface area contributed by atoms with E-state index in [-0.39, 0.29) is 0 Å². The molecule has 1 atom stereocenters. The topological polar surface area (TPSA) is 21.3 Å². The van der Waals surface area contributed by atoms with E-state index in [1.54, 1.807) is 7.11 Å². The molecule has 2 nitrogen and oxygen atoms in total. The van der Waals surface area contributed by atoms with Crippen LogP contribution in [0.4, 0.5) is 0 Å². The van der Waals surface area contributed by atoms with Gasteiger partial charge < -0.3 is 10.1 Å². The van der Waals surface area contributed by atoms with E-state index in [2.05, 4.69) is 29.6 Å². The van der Waals surface area contributed by atoms with E-state index in [1.165, 1.54) is 10.5 Å². The summed E-state index contributed by atoms with van der Waals surface area (Å²) in [6, 6.07) is 14.8. The second-order valence-corrected chi connectivity index (χ2v) is 6.57. The van der Waals surface area contributed by atoms with Gasteiger partial charge in [-0.3, -0.25) is 0 Å². The molecule has 1 aliphatic rings. The monoisotopic (exact) mass is 319 g/mol. The summed E-state index contributed by atoms with van der Waals surface area (Å²) < 4.78 is 5.41. The number of benzene rings is 2. The zero-order chi connectivity index (χ0) is 14.7. The molecule has 4 heteroatoms. The summed E-state index contributed by atoms with van der Waals surface area (Å²) in [4.78, 5) is 1.38. The molecule has 0 fully saturated rings. The summed E-state index contributed by atoms with van der Waals surface area (Å²) in [5.74, 6) is 1.99. The first-order valence-electron chi connectivity index (χ1n) is 7.06. The maximum Gasteiger partial charge on any atom is 0.124 e. The quantitative estimate of drug-likeness (QED) is 0.884. The molecule has 110 valence electrons. The predicted molar refractivity (Wildman–Crippen MR) is 89.4 cm³/mol. The van der Waals surface area contributed by atoms with Gasteiger partial charge in [0.25, 0.3) is 0 Å². The molecule has 0 saturated carbocycles. The highest BCUT2D eigenvalue weighted by Crippen LogP contribution is 2.36. The zero-order valence-corrected chi connectivity index (χ0v) is 13.5. The van der Waals surface area contributed by atoms with Crippen molar-refractivity contribution in [2.45, 2.75) is 23.9 Å². The highest BCUT2D eigenvalue weighted by molar-refractivity contribution is 7.99. The fraction of sp³-hybridized carbons (Fsp3) is 0.294. The number of hydrogen-bond donors (Lipinski definition) is 1. The van der Waals surface area contributed by atoms with Crippen LogP contribution in [0.3, 0.4) is 0 Å². The van der Waals surface area contributed by atoms with Crippen LogP contribution in [0.2, 0.25) is 5.02 Å². The Balaban J connectivity index is 1.78. The van der Waals surface area contributed by atoms with Crippen LogP contribution >= 0.6 is 23.4 Å². The van der Waals surface area contributed by atoms with Crippen LogP contribution in [0, 0.1) is 0 Å². The Bertz CT molecular complexity index is 632. The Morgan fingerprint density at radius 3 is 2.95 bits per heavy atom. The molecule has 0 aliphatic carbocycles. The largest absolute Gasteiger partial charge is 0.496 e. The summed E-state index contributed by atoms with van der Waals surface area (Å²) >= 11 is 8.24. The molecule has 0 bridgehead atoms. The average molecular weight is 320 g/mol. The van der Waals surface area contributed by atoms with Gasteiger partial charge in [0.15, 0.2) is 0 Å². The number of thioether (sulfide) groups is 1. The summed E-state index contributed by atoms with van der Waals surface area (Å²) in [5, 5.41) is 4.38. The van der Waals surface area contributed by atoms with Gasteiger partial charge in [-0.05, 0) is 35.9 Å². The molecule has 3 rings (SSSR count). The molecule has 2 aromatic carbocycles. The third kappa shape index (κ3) is 3.20. The van der Waals surface area contributed by atoms with Gasteiger partial charge in [-0.15, -0.1) is 11.8 Å². The number of hydrogen-bond acceptors (Lipinski definition) is 3. The van der Waals surface area contributed by atoms with Gasteiger partial charge in [-0.2, -0.15) is 0 Å². The molecule has 0 amide bonds. The van der Waals surface area contributed by atoms with E-state index in [9.17, 15) is 0 Å². The summed E-state index contributed by atoms with van der Waals surface area (Å²) in [6.45, 7) is 0.715. The first-order chi connectivity index (χ1) is 10.3. The van der Waals surface area contributed by atoms with Crippen molar-refractivity contribution in [1.29, 1.82) is 0 Å². The lowest BCUT2D eigenvalue weighted by atomic mass is 10.0. The Kier molecular flexibility index (Phi) is 4.73. The highest BCUT2D eigenvalue weighted by Gasteiger charge is 2.20. The van der Waals surface area contributed by atoms with Gasteiger partial charge >= 0.3 is 0 Å². The maximum atomic E-state index is 6.30. The molecule has 1 unspecified atom stereocenters. The third-order valence-electron chi connectivity index (χ3n) is 3.78. The zero-order valence-electron chi connectivity index (χ0n) is 11.9. The lowest BCUT2D eigenvalue weighted by molar-refractivity contribution is 0.404. The number of fused-ring (bicyclic) bond motifs is 1. The first-order valence-corrected chi connectivity index (χ1v) is 8.42. The van der Waals surface area contributed by atoms with Gasteiger partial charge in [0.1, 0.15) is 5.75 Å². The number of halogens is 1. The molecule has 0 spiro atoms. The van der Waals surface area contributed by atoms with Crippen LogP contribution in [-0.4, -0.2) is 12.9 Å². The predicted octanol–water partition coefficient (Wildman–Crippen LogP) is 4.68. The van der Waals surface area contributed by atoms with E-state index >= 15 is 0 Å². The molecule has 2 aromatic rings. The summed E-state index contributed by atoms with van der Waals surface area (Å²) in [5.41, 5.74) is 2.41. The average Bonchev–Trinajstić information content (AvgIpc) is 2.53. The van der Waals surface area contributed by atoms with Crippen molar-refractivity contribution in [1.82, 2.24) is 5.32 Å². The van der Waals surface area contributed by atoms with Crippen LogP contribution in [0.15, 0.2) is 47.4 Å². The Morgan fingerprint density at radius 1 is 1.24 bits per heavy atom. The fourth-order valence-corrected chi connectivity index (χ4v) is 4.04. The van der Waals surface area contributed by atoms with Crippen molar-refractivity contribution in [2.24, 2.45) is 0 Å². The molecule has 1 N–H and O–H groups in total. The van der Waals surface area contributed by atoms with Crippen molar-refractivity contribution in [3.63, 3.8) is 0 Å². The molecule has 1 heterocycles. The molecule has 0 saturated heterocycles. The molecule has 21 heavy (non-hydrogen) atoms. The Hall–Kier alpha value is -1.16. The van der Waals surface area contributed by atoms with Gasteiger partial charge in [0, 0.05) is 28.1 Å². The van der Waals surface area contributed by atoms with Crippen LogP contribution in [-0.2, 0) is 6.54 Å². The molecule has 0 aromatic heterocycles. The third-order valence-corrected chi connectivity index (χ3v) is 5.26. The fourth-order valence-electron chi connectivity index (χ4n) is 2.68. The minimum Gasteiger partial charge on any atom is -0.496 e. The van der Waals surface area contributed by atoms with Crippen molar-refractivity contribution < 1.29 is 4.74 Å². The van der Waals surface area contributed by atoms with Gasteiger partial charge in [-0.1, -0.05) is 35.9 Å². The molecular weight excluding hydrogens is 302 g/mol. The summed E-state index contributed by atoms with van der Waals surface area (Å²) in [7, 11) is 1.68. The Labute approximate surface area is 134 Å². The first kappa shape index (κ1) is 14.8. The molecule has 0 radical (unpaired) electrons. The van der Waals surface area contributed by atoms with Crippen molar-refractivity contribution in [3.8, 4) is 5.75 Å².